The van der Waals surface area contributed by atoms with Crippen molar-refractivity contribution >= 4 is 16.7 Å². The van der Waals surface area contributed by atoms with Gasteiger partial charge in [-0.15, -0.1) is 0 Å². The van der Waals surface area contributed by atoms with E-state index in [1.165, 1.54) is 50.0 Å². The van der Waals surface area contributed by atoms with Crippen LogP contribution in [-0.2, 0) is 0 Å². The number of pyridine rings is 1. The van der Waals surface area contributed by atoms with E-state index in [0.29, 0.717) is 22.4 Å². The van der Waals surface area contributed by atoms with Gasteiger partial charge >= 0.3 is 6.01 Å². The van der Waals surface area contributed by atoms with E-state index in [-0.39, 0.29) is 24.0 Å². The molecule has 0 amide bonds. The van der Waals surface area contributed by atoms with Crippen molar-refractivity contribution in [2.75, 3.05) is 32.2 Å². The number of halogens is 2. The van der Waals surface area contributed by atoms with Crippen LogP contribution in [0.3, 0.4) is 0 Å². The van der Waals surface area contributed by atoms with Crippen molar-refractivity contribution in [3.63, 3.8) is 0 Å². The third kappa shape index (κ3) is 2.96. The van der Waals surface area contributed by atoms with Gasteiger partial charge in [-0.2, -0.15) is 15.3 Å². The highest BCUT2D eigenvalue weighted by atomic mass is 19.3. The molecule has 1 aliphatic heterocycles. The average Bonchev–Trinajstić information content (AvgIpc) is 3.25. The number of hydrogen-bond acceptors (Lipinski definition) is 8. The van der Waals surface area contributed by atoms with E-state index >= 15 is 0 Å². The molecule has 3 aromatic rings. The largest absolute Gasteiger partial charge is 0.479 e. The van der Waals surface area contributed by atoms with Gasteiger partial charge in [-0.3, -0.25) is 0 Å². The van der Waals surface area contributed by atoms with Crippen molar-refractivity contribution in [3.05, 3.63) is 24.2 Å². The van der Waals surface area contributed by atoms with E-state index in [9.17, 15) is 14.0 Å². The zero-order valence-electron chi connectivity index (χ0n) is 16.8. The molecule has 1 saturated heterocycles. The average molecular weight is 415 g/mol. The molecule has 0 saturated carbocycles. The fraction of sp³-hybridized carbons (Fsp3) is 0.421. The van der Waals surface area contributed by atoms with Crippen molar-refractivity contribution in [2.45, 2.75) is 19.8 Å². The smallest absolute Gasteiger partial charge is 0.319 e. The first-order valence-corrected chi connectivity index (χ1v) is 9.07. The molecule has 1 aliphatic rings. The number of alkyl halides is 2. The predicted molar refractivity (Wildman–Crippen MR) is 103 cm³/mol. The van der Waals surface area contributed by atoms with Crippen molar-refractivity contribution in [3.8, 4) is 23.6 Å². The third-order valence-corrected chi connectivity index (χ3v) is 5.25. The molecule has 30 heavy (non-hydrogen) atoms. The molecule has 0 N–H and O–H groups in total. The Morgan fingerprint density at radius 1 is 1.13 bits per heavy atom. The molecule has 4 heterocycles. The fourth-order valence-electron chi connectivity index (χ4n) is 3.45. The fourth-order valence-corrected chi connectivity index (χ4v) is 3.45. The Bertz CT molecular complexity index is 1150. The van der Waals surface area contributed by atoms with Crippen LogP contribution >= 0.6 is 0 Å². The highest BCUT2D eigenvalue weighted by Gasteiger charge is 2.54. The molecule has 11 heteroatoms. The van der Waals surface area contributed by atoms with Crippen LogP contribution in [0.4, 0.5) is 14.6 Å². The minimum absolute atomic E-state index is 0.119. The Balaban J connectivity index is 1.87. The van der Waals surface area contributed by atoms with Crippen LogP contribution in [-0.4, -0.2) is 58.0 Å². The summed E-state index contributed by atoms with van der Waals surface area (Å²) >= 11 is 0. The topological polar surface area (TPSA) is 102 Å². The van der Waals surface area contributed by atoms with Gasteiger partial charge in [0.25, 0.3) is 5.92 Å². The summed E-state index contributed by atoms with van der Waals surface area (Å²) in [4.78, 5) is 14.0. The van der Waals surface area contributed by atoms with Gasteiger partial charge in [-0.1, -0.05) is 13.8 Å². The summed E-state index contributed by atoms with van der Waals surface area (Å²) in [5.41, 5.74) is -0.242. The zero-order chi connectivity index (χ0) is 21.7. The Kier molecular flexibility index (Phi) is 4.45. The normalized spacial score (nSPS) is 17.2. The summed E-state index contributed by atoms with van der Waals surface area (Å²) in [5, 5.41) is 14.4. The van der Waals surface area contributed by atoms with Crippen LogP contribution in [0.15, 0.2) is 18.6 Å². The van der Waals surface area contributed by atoms with Gasteiger partial charge in [-0.05, 0) is 0 Å². The number of ether oxygens (including phenoxy) is 2. The number of methoxy groups -OCH3 is 2. The van der Waals surface area contributed by atoms with Crippen molar-refractivity contribution in [1.82, 2.24) is 24.7 Å². The number of fused-ring (bicyclic) bond motifs is 1. The second kappa shape index (κ2) is 6.76. The lowest BCUT2D eigenvalue weighted by molar-refractivity contribution is -0.0642. The van der Waals surface area contributed by atoms with Crippen LogP contribution in [0.2, 0.25) is 0 Å². The lowest BCUT2D eigenvalue weighted by Gasteiger charge is -2.24. The Labute approximate surface area is 170 Å². The predicted octanol–water partition coefficient (Wildman–Crippen LogP) is 2.58. The molecule has 0 aliphatic carbocycles. The van der Waals surface area contributed by atoms with E-state index in [2.05, 4.69) is 20.1 Å². The molecule has 0 radical (unpaired) electrons. The lowest BCUT2D eigenvalue weighted by atomic mass is 9.89. The Morgan fingerprint density at radius 3 is 2.50 bits per heavy atom. The quantitative estimate of drug-likeness (QED) is 0.641. The molecule has 0 aromatic carbocycles. The lowest BCUT2D eigenvalue weighted by Crippen LogP contribution is -2.34. The highest BCUT2D eigenvalue weighted by Crippen LogP contribution is 2.45. The first-order chi connectivity index (χ1) is 14.2. The van der Waals surface area contributed by atoms with Crippen LogP contribution in [0.1, 0.15) is 19.4 Å². The Morgan fingerprint density at radius 2 is 1.90 bits per heavy atom. The summed E-state index contributed by atoms with van der Waals surface area (Å²) in [5.74, 6) is -2.33. The monoisotopic (exact) mass is 415 g/mol. The van der Waals surface area contributed by atoms with E-state index in [4.69, 9.17) is 9.47 Å². The van der Waals surface area contributed by atoms with Crippen LogP contribution in [0.5, 0.6) is 11.9 Å². The van der Waals surface area contributed by atoms with Gasteiger partial charge in [0.2, 0.25) is 5.88 Å². The molecule has 0 unspecified atom stereocenters. The molecule has 0 spiro atoms. The van der Waals surface area contributed by atoms with E-state index in [0.717, 1.165) is 0 Å². The summed E-state index contributed by atoms with van der Waals surface area (Å²) in [6.45, 7) is 2.70. The molecule has 1 fully saturated rings. The first-order valence-electron chi connectivity index (χ1n) is 9.07. The molecular formula is C19H19F2N7O2. The maximum Gasteiger partial charge on any atom is 0.319 e. The van der Waals surface area contributed by atoms with Gasteiger partial charge in [0.15, 0.2) is 0 Å². The van der Waals surface area contributed by atoms with E-state index < -0.39 is 17.9 Å². The van der Waals surface area contributed by atoms with Crippen molar-refractivity contribution in [1.29, 1.82) is 5.26 Å². The van der Waals surface area contributed by atoms with Crippen molar-refractivity contribution < 1.29 is 18.3 Å². The molecule has 9 nitrogen and oxygen atoms in total. The summed E-state index contributed by atoms with van der Waals surface area (Å²) in [6, 6.07) is 2.16. The molecule has 156 valence electrons. The minimum atomic E-state index is -2.88. The van der Waals surface area contributed by atoms with Crippen LogP contribution in [0.25, 0.3) is 16.6 Å². The van der Waals surface area contributed by atoms with Gasteiger partial charge in [0.1, 0.15) is 23.1 Å². The maximum atomic E-state index is 14.5. The molecule has 4 rings (SSSR count). The Hall–Kier alpha value is -3.55. The third-order valence-electron chi connectivity index (χ3n) is 5.25. The summed E-state index contributed by atoms with van der Waals surface area (Å²) in [7, 11) is 2.87. The van der Waals surface area contributed by atoms with Gasteiger partial charge in [0, 0.05) is 24.4 Å². The second-order valence-electron chi connectivity index (χ2n) is 7.64. The second-order valence-corrected chi connectivity index (χ2v) is 7.64. The maximum absolute atomic E-state index is 14.5. The molecule has 3 aromatic heterocycles. The number of rotatable bonds is 4. The number of anilines is 1. The van der Waals surface area contributed by atoms with Gasteiger partial charge in [-0.25, -0.2) is 23.4 Å². The minimum Gasteiger partial charge on any atom is -0.479 e. The number of hydrogen-bond donors (Lipinski definition) is 0. The summed E-state index contributed by atoms with van der Waals surface area (Å²) < 4.78 is 40.7. The number of nitriles is 1. The zero-order valence-corrected chi connectivity index (χ0v) is 16.8. The number of nitrogens with zero attached hydrogens (tertiary/aromatic N) is 7. The molecular weight excluding hydrogens is 396 g/mol. The van der Waals surface area contributed by atoms with E-state index in [1.807, 2.05) is 6.07 Å². The van der Waals surface area contributed by atoms with E-state index in [1.54, 1.807) is 6.20 Å². The first kappa shape index (κ1) is 19.8. The standard InChI is InChI=1S/C19H19F2N7O2/c1-18(2)9-27(10-19(18,20)21)15-12-8-28(26-14(12)11(5-22)6-23-15)13-7-24-17(30-4)25-16(13)29-3/h6-8H,9-10H2,1-4H3. The summed E-state index contributed by atoms with van der Waals surface area (Å²) in [6.07, 6.45) is 4.42. The van der Waals surface area contributed by atoms with Crippen LogP contribution in [0, 0.1) is 16.7 Å². The van der Waals surface area contributed by atoms with Gasteiger partial charge in [0.05, 0.1) is 37.9 Å². The number of aromatic nitrogens is 5. The van der Waals surface area contributed by atoms with Crippen LogP contribution < -0.4 is 14.4 Å². The van der Waals surface area contributed by atoms with Crippen molar-refractivity contribution in [2.24, 2.45) is 5.41 Å². The molecule has 0 bridgehead atoms. The SMILES string of the molecule is COc1ncc(-n2cc3c(N4CC(C)(C)C(F)(F)C4)ncc(C#N)c3n2)c(OC)n1. The molecule has 0 atom stereocenters. The highest BCUT2D eigenvalue weighted by molar-refractivity contribution is 5.93. The van der Waals surface area contributed by atoms with Gasteiger partial charge < -0.3 is 14.4 Å².